The zero-order valence-electron chi connectivity index (χ0n) is 13.8. The van der Waals surface area contributed by atoms with Gasteiger partial charge in [-0.15, -0.1) is 0 Å². The van der Waals surface area contributed by atoms with Gasteiger partial charge in [0.05, 0.1) is 15.7 Å². The van der Waals surface area contributed by atoms with E-state index in [1.807, 2.05) is 12.3 Å². The maximum atomic E-state index is 4.46. The molecule has 1 atom stereocenters. The van der Waals surface area contributed by atoms with Gasteiger partial charge in [0.15, 0.2) is 0 Å². The second-order valence-corrected chi connectivity index (χ2v) is 6.57. The number of hydrogen-bond acceptors (Lipinski definition) is 3. The summed E-state index contributed by atoms with van der Waals surface area (Å²) in [5, 5.41) is 4.83. The van der Waals surface area contributed by atoms with E-state index in [0.717, 1.165) is 28.8 Å². The zero-order valence-corrected chi connectivity index (χ0v) is 15.4. The molecule has 0 aliphatic rings. The minimum absolute atomic E-state index is 0.442. The van der Waals surface area contributed by atoms with Crippen LogP contribution in [0.3, 0.4) is 0 Å². The fourth-order valence-electron chi connectivity index (χ4n) is 2.74. The summed E-state index contributed by atoms with van der Waals surface area (Å²) >= 11 is 3.63. The number of rotatable bonds is 8. The van der Waals surface area contributed by atoms with Gasteiger partial charge in [-0.2, -0.15) is 0 Å². The Morgan fingerprint density at radius 1 is 1.23 bits per heavy atom. The third-order valence-corrected chi connectivity index (χ3v) is 4.73. The molecule has 1 N–H and O–H groups in total. The molecule has 0 aliphatic heterocycles. The number of nitrogens with zero attached hydrogens (tertiary/aromatic N) is 2. The Bertz CT molecular complexity index is 596. The summed E-state index contributed by atoms with van der Waals surface area (Å²) in [5.41, 5.74) is 2.18. The average Bonchev–Trinajstić information content (AvgIpc) is 2.54. The van der Waals surface area contributed by atoms with Gasteiger partial charge in [0.1, 0.15) is 0 Å². The van der Waals surface area contributed by atoms with Crippen LogP contribution in [0.15, 0.2) is 34.9 Å². The van der Waals surface area contributed by atoms with Crippen LogP contribution >= 0.6 is 15.9 Å². The van der Waals surface area contributed by atoms with Gasteiger partial charge in [0.25, 0.3) is 0 Å². The van der Waals surface area contributed by atoms with E-state index in [-0.39, 0.29) is 0 Å². The monoisotopic (exact) mass is 363 g/mol. The first-order valence-corrected chi connectivity index (χ1v) is 8.97. The molecule has 0 saturated heterocycles. The lowest BCUT2D eigenvalue weighted by atomic mass is 10.1. The Morgan fingerprint density at radius 3 is 2.68 bits per heavy atom. The van der Waals surface area contributed by atoms with E-state index in [2.05, 4.69) is 70.1 Å². The minimum Gasteiger partial charge on any atom is -0.381 e. The maximum absolute atomic E-state index is 4.46. The fraction of sp³-hybridized carbons (Fsp3) is 0.500. The van der Waals surface area contributed by atoms with Crippen molar-refractivity contribution in [2.75, 3.05) is 25.0 Å². The van der Waals surface area contributed by atoms with E-state index in [1.54, 1.807) is 0 Å². The van der Waals surface area contributed by atoms with Crippen LogP contribution in [0.25, 0.3) is 10.9 Å². The molecule has 3 nitrogen and oxygen atoms in total. The molecule has 1 aromatic carbocycles. The highest BCUT2D eigenvalue weighted by Gasteiger charge is 2.10. The summed E-state index contributed by atoms with van der Waals surface area (Å²) in [5.74, 6) is 0. The predicted octanol–water partition coefficient (Wildman–Crippen LogP) is 4.92. The van der Waals surface area contributed by atoms with E-state index in [0.29, 0.717) is 6.04 Å². The Kier molecular flexibility index (Phi) is 6.65. The topological polar surface area (TPSA) is 28.2 Å². The second kappa shape index (κ2) is 8.49. The number of benzene rings is 1. The summed E-state index contributed by atoms with van der Waals surface area (Å²) in [6.07, 6.45) is 4.27. The van der Waals surface area contributed by atoms with Gasteiger partial charge in [-0.3, -0.25) is 4.98 Å². The van der Waals surface area contributed by atoms with Gasteiger partial charge in [0.2, 0.25) is 0 Å². The van der Waals surface area contributed by atoms with Crippen molar-refractivity contribution in [1.29, 1.82) is 0 Å². The molecule has 2 aromatic rings. The van der Waals surface area contributed by atoms with Crippen LogP contribution in [0, 0.1) is 0 Å². The molecule has 0 radical (unpaired) electrons. The standard InChI is InChI=1S/C18H26BrN3/c1-4-22(5-2)12-8-9-14(3)21-18-15-10-6-7-11-17(15)20-13-16(18)19/h6-7,10-11,13-14H,4-5,8-9,12H2,1-3H3,(H,20,21). The first kappa shape index (κ1) is 17.2. The molecule has 120 valence electrons. The van der Waals surface area contributed by atoms with Crippen molar-refractivity contribution in [2.45, 2.75) is 39.7 Å². The normalized spacial score (nSPS) is 12.8. The molecule has 0 fully saturated rings. The van der Waals surface area contributed by atoms with Crippen molar-refractivity contribution >= 4 is 32.5 Å². The third kappa shape index (κ3) is 4.43. The van der Waals surface area contributed by atoms with Crippen LogP contribution in [0.2, 0.25) is 0 Å². The SMILES string of the molecule is CCN(CC)CCCC(C)Nc1c(Br)cnc2ccccc12. The van der Waals surface area contributed by atoms with Crippen LogP contribution in [-0.4, -0.2) is 35.6 Å². The molecule has 1 unspecified atom stereocenters. The van der Waals surface area contributed by atoms with Crippen LogP contribution in [0.4, 0.5) is 5.69 Å². The van der Waals surface area contributed by atoms with Crippen molar-refractivity contribution in [3.63, 3.8) is 0 Å². The van der Waals surface area contributed by atoms with Gasteiger partial charge in [-0.05, 0) is 61.4 Å². The molecule has 0 aliphatic carbocycles. The lowest BCUT2D eigenvalue weighted by Crippen LogP contribution is -2.25. The number of pyridine rings is 1. The van der Waals surface area contributed by atoms with Crippen molar-refractivity contribution in [3.05, 3.63) is 34.9 Å². The summed E-state index contributed by atoms with van der Waals surface area (Å²) in [6, 6.07) is 8.71. The number of para-hydroxylation sites is 1. The smallest absolute Gasteiger partial charge is 0.0723 e. The maximum Gasteiger partial charge on any atom is 0.0723 e. The molecule has 2 rings (SSSR count). The molecular weight excluding hydrogens is 338 g/mol. The van der Waals surface area contributed by atoms with Gasteiger partial charge in [-0.1, -0.05) is 32.0 Å². The van der Waals surface area contributed by atoms with E-state index in [9.17, 15) is 0 Å². The highest BCUT2D eigenvalue weighted by molar-refractivity contribution is 9.10. The van der Waals surface area contributed by atoms with Crippen molar-refractivity contribution in [1.82, 2.24) is 9.88 Å². The molecule has 1 heterocycles. The van der Waals surface area contributed by atoms with E-state index < -0.39 is 0 Å². The number of nitrogens with one attached hydrogen (secondary N) is 1. The Balaban J connectivity index is 2.00. The average molecular weight is 364 g/mol. The van der Waals surface area contributed by atoms with Crippen LogP contribution in [0.1, 0.15) is 33.6 Å². The molecule has 0 bridgehead atoms. The first-order valence-electron chi connectivity index (χ1n) is 8.17. The summed E-state index contributed by atoms with van der Waals surface area (Å²) in [7, 11) is 0. The minimum atomic E-state index is 0.442. The second-order valence-electron chi connectivity index (χ2n) is 5.71. The van der Waals surface area contributed by atoms with Gasteiger partial charge in [-0.25, -0.2) is 0 Å². The molecule has 4 heteroatoms. The molecule has 22 heavy (non-hydrogen) atoms. The largest absolute Gasteiger partial charge is 0.381 e. The van der Waals surface area contributed by atoms with Crippen LogP contribution < -0.4 is 5.32 Å². The molecule has 1 aromatic heterocycles. The molecule has 0 spiro atoms. The number of anilines is 1. The van der Waals surface area contributed by atoms with E-state index in [1.165, 1.54) is 24.8 Å². The van der Waals surface area contributed by atoms with Crippen molar-refractivity contribution < 1.29 is 0 Å². The Morgan fingerprint density at radius 2 is 1.95 bits per heavy atom. The Hall–Kier alpha value is -1.13. The predicted molar refractivity (Wildman–Crippen MR) is 99.5 cm³/mol. The quantitative estimate of drug-likeness (QED) is 0.721. The molecular formula is C18H26BrN3. The lowest BCUT2D eigenvalue weighted by Gasteiger charge is -2.21. The van der Waals surface area contributed by atoms with Gasteiger partial charge in [0, 0.05) is 17.6 Å². The van der Waals surface area contributed by atoms with Gasteiger partial charge >= 0.3 is 0 Å². The third-order valence-electron chi connectivity index (χ3n) is 4.13. The fourth-order valence-corrected chi connectivity index (χ4v) is 3.17. The van der Waals surface area contributed by atoms with E-state index in [4.69, 9.17) is 0 Å². The Labute approximate surface area is 142 Å². The highest BCUT2D eigenvalue weighted by Crippen LogP contribution is 2.30. The first-order chi connectivity index (χ1) is 10.7. The van der Waals surface area contributed by atoms with Crippen LogP contribution in [0.5, 0.6) is 0 Å². The lowest BCUT2D eigenvalue weighted by molar-refractivity contribution is 0.295. The summed E-state index contributed by atoms with van der Waals surface area (Å²) in [4.78, 5) is 6.94. The number of fused-ring (bicyclic) bond motifs is 1. The van der Waals surface area contributed by atoms with Crippen LogP contribution in [-0.2, 0) is 0 Å². The summed E-state index contributed by atoms with van der Waals surface area (Å²) in [6.45, 7) is 10.2. The summed E-state index contributed by atoms with van der Waals surface area (Å²) < 4.78 is 1.03. The molecule has 0 amide bonds. The zero-order chi connectivity index (χ0) is 15.9. The number of halogens is 1. The number of hydrogen-bond donors (Lipinski definition) is 1. The highest BCUT2D eigenvalue weighted by atomic mass is 79.9. The van der Waals surface area contributed by atoms with E-state index >= 15 is 0 Å². The van der Waals surface area contributed by atoms with Gasteiger partial charge < -0.3 is 10.2 Å². The van der Waals surface area contributed by atoms with Crippen molar-refractivity contribution in [2.24, 2.45) is 0 Å². The number of aromatic nitrogens is 1. The van der Waals surface area contributed by atoms with Crippen molar-refractivity contribution in [3.8, 4) is 0 Å². The molecule has 0 saturated carbocycles.